The first-order chi connectivity index (χ1) is 7.72. The normalized spacial score (nSPS) is 10.1. The molecule has 16 heavy (non-hydrogen) atoms. The molecule has 0 saturated carbocycles. The topological polar surface area (TPSA) is 35.5 Å². The molecule has 0 aliphatic carbocycles. The van der Waals surface area contributed by atoms with Crippen molar-refractivity contribution in [1.29, 1.82) is 0 Å². The Labute approximate surface area is 98.8 Å². The zero-order valence-corrected chi connectivity index (χ0v) is 10.6. The highest BCUT2D eigenvalue weighted by Crippen LogP contribution is 2.05. The van der Waals surface area contributed by atoms with Gasteiger partial charge in [-0.2, -0.15) is 0 Å². The molecular formula is C13H24O3. The van der Waals surface area contributed by atoms with Gasteiger partial charge >= 0.3 is 5.97 Å². The molecule has 0 aliphatic heterocycles. The predicted octanol–water partition coefficient (Wildman–Crippen LogP) is 3.09. The van der Waals surface area contributed by atoms with Gasteiger partial charge in [-0.15, -0.1) is 0 Å². The summed E-state index contributed by atoms with van der Waals surface area (Å²) in [5.41, 5.74) is 0.585. The van der Waals surface area contributed by atoms with Gasteiger partial charge in [-0.25, -0.2) is 4.79 Å². The Bertz CT molecular complexity index is 199. The van der Waals surface area contributed by atoms with Crippen LogP contribution in [0.1, 0.15) is 45.4 Å². The van der Waals surface area contributed by atoms with Crippen LogP contribution in [-0.4, -0.2) is 26.3 Å². The summed E-state index contributed by atoms with van der Waals surface area (Å²) in [4.78, 5) is 11.3. The summed E-state index contributed by atoms with van der Waals surface area (Å²) in [6.45, 7) is 7.04. The van der Waals surface area contributed by atoms with Gasteiger partial charge in [0.15, 0.2) is 0 Å². The van der Waals surface area contributed by atoms with Gasteiger partial charge in [-0.3, -0.25) is 0 Å². The van der Waals surface area contributed by atoms with E-state index in [2.05, 4.69) is 6.58 Å². The summed E-state index contributed by atoms with van der Waals surface area (Å²) < 4.78 is 10.0. The van der Waals surface area contributed by atoms with Gasteiger partial charge < -0.3 is 9.47 Å². The Kier molecular flexibility index (Phi) is 10.1. The van der Waals surface area contributed by atoms with Gasteiger partial charge in [-0.1, -0.05) is 26.3 Å². The van der Waals surface area contributed by atoms with Crippen LogP contribution in [0.4, 0.5) is 0 Å². The molecule has 3 heteroatoms. The van der Waals surface area contributed by atoms with Crippen molar-refractivity contribution in [2.75, 3.05) is 20.3 Å². The van der Waals surface area contributed by atoms with Crippen molar-refractivity contribution in [2.24, 2.45) is 0 Å². The fourth-order valence-electron chi connectivity index (χ4n) is 1.37. The van der Waals surface area contributed by atoms with Crippen molar-refractivity contribution in [3.63, 3.8) is 0 Å². The van der Waals surface area contributed by atoms with E-state index in [0.717, 1.165) is 45.1 Å². The lowest BCUT2D eigenvalue weighted by Gasteiger charge is -2.06. The maximum atomic E-state index is 11.3. The van der Waals surface area contributed by atoms with Crippen LogP contribution in [-0.2, 0) is 14.3 Å². The van der Waals surface area contributed by atoms with Crippen molar-refractivity contribution in [3.05, 3.63) is 12.2 Å². The summed E-state index contributed by atoms with van der Waals surface area (Å²) in [5, 5.41) is 0. The third-order valence-corrected chi connectivity index (χ3v) is 2.32. The standard InChI is InChI=1S/C13H24O3/c1-4-9-12(2)13(14)16-11-8-6-5-7-10-15-3/h2,4-11H2,1,3H3. The van der Waals surface area contributed by atoms with Crippen molar-refractivity contribution < 1.29 is 14.3 Å². The Morgan fingerprint density at radius 1 is 1.12 bits per heavy atom. The average molecular weight is 228 g/mol. The van der Waals surface area contributed by atoms with Crippen LogP contribution in [0.5, 0.6) is 0 Å². The zero-order valence-electron chi connectivity index (χ0n) is 10.6. The Morgan fingerprint density at radius 3 is 2.31 bits per heavy atom. The van der Waals surface area contributed by atoms with Crippen molar-refractivity contribution in [2.45, 2.75) is 45.4 Å². The minimum Gasteiger partial charge on any atom is -0.462 e. The van der Waals surface area contributed by atoms with E-state index in [1.807, 2.05) is 6.92 Å². The largest absolute Gasteiger partial charge is 0.462 e. The number of rotatable bonds is 10. The zero-order chi connectivity index (χ0) is 12.2. The number of esters is 1. The van der Waals surface area contributed by atoms with Crippen LogP contribution in [0, 0.1) is 0 Å². The molecule has 0 aromatic heterocycles. The molecule has 0 atom stereocenters. The van der Waals surface area contributed by atoms with Crippen LogP contribution in [0.15, 0.2) is 12.2 Å². The molecule has 0 radical (unpaired) electrons. The second-order valence-corrected chi connectivity index (χ2v) is 3.90. The number of carbonyl (C=O) groups excluding carboxylic acids is 1. The number of carbonyl (C=O) groups is 1. The summed E-state index contributed by atoms with van der Waals surface area (Å²) in [6.07, 6.45) is 5.87. The van der Waals surface area contributed by atoms with Crippen LogP contribution in [0.2, 0.25) is 0 Å². The molecular weight excluding hydrogens is 204 g/mol. The first-order valence-electron chi connectivity index (χ1n) is 6.06. The smallest absolute Gasteiger partial charge is 0.333 e. The van der Waals surface area contributed by atoms with E-state index in [-0.39, 0.29) is 5.97 Å². The van der Waals surface area contributed by atoms with Gasteiger partial charge in [0.2, 0.25) is 0 Å². The molecule has 0 fully saturated rings. The highest BCUT2D eigenvalue weighted by Gasteiger charge is 2.06. The first-order valence-corrected chi connectivity index (χ1v) is 6.06. The number of unbranched alkanes of at least 4 members (excludes halogenated alkanes) is 3. The van der Waals surface area contributed by atoms with E-state index in [0.29, 0.717) is 12.2 Å². The van der Waals surface area contributed by atoms with Crippen LogP contribution >= 0.6 is 0 Å². The van der Waals surface area contributed by atoms with E-state index in [1.165, 1.54) is 0 Å². The SMILES string of the molecule is C=C(CCC)C(=O)OCCCCCCOC. The molecule has 0 N–H and O–H groups in total. The second kappa shape index (κ2) is 10.7. The molecule has 0 saturated heterocycles. The molecule has 0 aromatic rings. The monoisotopic (exact) mass is 228 g/mol. The highest BCUT2D eigenvalue weighted by molar-refractivity contribution is 5.87. The molecule has 0 aromatic carbocycles. The minimum atomic E-state index is -0.237. The van der Waals surface area contributed by atoms with Crippen LogP contribution < -0.4 is 0 Å². The molecule has 94 valence electrons. The maximum Gasteiger partial charge on any atom is 0.333 e. The molecule has 0 amide bonds. The van der Waals surface area contributed by atoms with Crippen molar-refractivity contribution in [3.8, 4) is 0 Å². The van der Waals surface area contributed by atoms with Gasteiger partial charge in [0.1, 0.15) is 0 Å². The van der Waals surface area contributed by atoms with E-state index in [9.17, 15) is 4.79 Å². The molecule has 0 bridgehead atoms. The Morgan fingerprint density at radius 2 is 1.75 bits per heavy atom. The molecule has 3 nitrogen and oxygen atoms in total. The van der Waals surface area contributed by atoms with Crippen LogP contribution in [0.25, 0.3) is 0 Å². The summed E-state index contributed by atoms with van der Waals surface area (Å²) >= 11 is 0. The van der Waals surface area contributed by atoms with Gasteiger partial charge in [0, 0.05) is 19.3 Å². The van der Waals surface area contributed by atoms with Crippen molar-refractivity contribution in [1.82, 2.24) is 0 Å². The molecule has 0 aliphatic rings. The predicted molar refractivity (Wildman–Crippen MR) is 65.4 cm³/mol. The molecule has 0 heterocycles. The van der Waals surface area contributed by atoms with E-state index >= 15 is 0 Å². The highest BCUT2D eigenvalue weighted by atomic mass is 16.5. The van der Waals surface area contributed by atoms with E-state index in [4.69, 9.17) is 9.47 Å². The quantitative estimate of drug-likeness (QED) is 0.327. The fraction of sp³-hybridized carbons (Fsp3) is 0.769. The Balaban J connectivity index is 3.31. The minimum absolute atomic E-state index is 0.237. The Hall–Kier alpha value is -0.830. The molecule has 0 rings (SSSR count). The fourth-order valence-corrected chi connectivity index (χ4v) is 1.37. The van der Waals surface area contributed by atoms with Crippen LogP contribution in [0.3, 0.4) is 0 Å². The summed E-state index contributed by atoms with van der Waals surface area (Å²) in [6, 6.07) is 0. The lowest BCUT2D eigenvalue weighted by molar-refractivity contribution is -0.139. The third-order valence-electron chi connectivity index (χ3n) is 2.32. The number of hydrogen-bond donors (Lipinski definition) is 0. The van der Waals surface area contributed by atoms with Gasteiger partial charge in [0.05, 0.1) is 6.61 Å². The molecule has 0 spiro atoms. The second-order valence-electron chi connectivity index (χ2n) is 3.90. The lowest BCUT2D eigenvalue weighted by Crippen LogP contribution is -2.08. The van der Waals surface area contributed by atoms with Crippen molar-refractivity contribution >= 4 is 5.97 Å². The summed E-state index contributed by atoms with van der Waals surface area (Å²) in [7, 11) is 1.71. The summed E-state index contributed by atoms with van der Waals surface area (Å²) in [5.74, 6) is -0.237. The van der Waals surface area contributed by atoms with Gasteiger partial charge in [0.25, 0.3) is 0 Å². The average Bonchev–Trinajstić information content (AvgIpc) is 2.28. The number of hydrogen-bond acceptors (Lipinski definition) is 3. The third kappa shape index (κ3) is 8.48. The van der Waals surface area contributed by atoms with E-state index < -0.39 is 0 Å². The maximum absolute atomic E-state index is 11.3. The first kappa shape index (κ1) is 15.2. The number of ether oxygens (including phenoxy) is 2. The number of methoxy groups -OCH3 is 1. The lowest BCUT2D eigenvalue weighted by atomic mass is 10.2. The molecule has 0 unspecified atom stereocenters. The van der Waals surface area contributed by atoms with E-state index in [1.54, 1.807) is 7.11 Å². The van der Waals surface area contributed by atoms with Gasteiger partial charge in [-0.05, 0) is 25.7 Å².